The van der Waals surface area contributed by atoms with Gasteiger partial charge in [0.2, 0.25) is 0 Å². The van der Waals surface area contributed by atoms with E-state index in [2.05, 4.69) is 40.0 Å². The second kappa shape index (κ2) is 9.21. The average Bonchev–Trinajstić information content (AvgIpc) is 3.35. The summed E-state index contributed by atoms with van der Waals surface area (Å²) in [5, 5.41) is 25.7. The van der Waals surface area contributed by atoms with Crippen molar-refractivity contribution in [2.45, 2.75) is 6.92 Å². The van der Waals surface area contributed by atoms with Gasteiger partial charge in [-0.15, -0.1) is 21.5 Å². The molecule has 2 heterocycles. The van der Waals surface area contributed by atoms with E-state index in [-0.39, 0.29) is 5.69 Å². The standard InChI is InChI=1S/C26H19N5O2S/c1-17-5-2-3-8-22(17)26-28-24(16-34-26)18-9-11-20(12-10-18)27-25-14-13-23(29-30-25)19-6-4-7-21(15-19)31(32)33/h2-16H,1H3,(H,27,30). The number of non-ortho nitro benzene ring substituents is 1. The highest BCUT2D eigenvalue weighted by molar-refractivity contribution is 7.13. The van der Waals surface area contributed by atoms with Crippen molar-refractivity contribution in [3.63, 3.8) is 0 Å². The lowest BCUT2D eigenvalue weighted by atomic mass is 10.1. The lowest BCUT2D eigenvalue weighted by molar-refractivity contribution is -0.384. The summed E-state index contributed by atoms with van der Waals surface area (Å²) in [6.07, 6.45) is 0. The van der Waals surface area contributed by atoms with E-state index in [0.29, 0.717) is 17.1 Å². The number of anilines is 2. The Kier molecular flexibility index (Phi) is 5.80. The summed E-state index contributed by atoms with van der Waals surface area (Å²) in [6.45, 7) is 2.09. The molecule has 166 valence electrons. The summed E-state index contributed by atoms with van der Waals surface area (Å²) in [5.74, 6) is 0.581. The molecule has 34 heavy (non-hydrogen) atoms. The zero-order chi connectivity index (χ0) is 23.5. The minimum atomic E-state index is -0.425. The Labute approximate surface area is 199 Å². The highest BCUT2D eigenvalue weighted by atomic mass is 32.1. The molecule has 5 rings (SSSR count). The molecule has 3 aromatic carbocycles. The third kappa shape index (κ3) is 4.53. The number of aromatic nitrogens is 3. The Hall–Kier alpha value is -4.43. The second-order valence-electron chi connectivity index (χ2n) is 7.67. The molecule has 0 radical (unpaired) electrons. The summed E-state index contributed by atoms with van der Waals surface area (Å²) < 4.78 is 0. The first-order chi connectivity index (χ1) is 16.6. The van der Waals surface area contributed by atoms with Gasteiger partial charge in [0.15, 0.2) is 5.82 Å². The van der Waals surface area contributed by atoms with E-state index >= 15 is 0 Å². The fourth-order valence-electron chi connectivity index (χ4n) is 3.55. The van der Waals surface area contributed by atoms with Gasteiger partial charge < -0.3 is 5.32 Å². The Bertz CT molecular complexity index is 1460. The number of nitro benzene ring substituents is 1. The fraction of sp³-hybridized carbons (Fsp3) is 0.0385. The normalized spacial score (nSPS) is 10.7. The van der Waals surface area contributed by atoms with E-state index in [4.69, 9.17) is 4.98 Å². The van der Waals surface area contributed by atoms with Crippen LogP contribution in [0.1, 0.15) is 5.56 Å². The van der Waals surface area contributed by atoms with Gasteiger partial charge >= 0.3 is 0 Å². The summed E-state index contributed by atoms with van der Waals surface area (Å²) in [4.78, 5) is 15.4. The minimum Gasteiger partial charge on any atom is -0.339 e. The SMILES string of the molecule is Cc1ccccc1-c1nc(-c2ccc(Nc3ccc(-c4cccc([N+](=O)[O-])c4)nn3)cc2)cs1. The van der Waals surface area contributed by atoms with Gasteiger partial charge in [-0.25, -0.2) is 4.98 Å². The molecule has 0 aliphatic carbocycles. The van der Waals surface area contributed by atoms with Crippen LogP contribution in [0, 0.1) is 17.0 Å². The van der Waals surface area contributed by atoms with Crippen molar-refractivity contribution in [3.8, 4) is 33.1 Å². The Morgan fingerprint density at radius 2 is 1.68 bits per heavy atom. The maximum absolute atomic E-state index is 11.0. The minimum absolute atomic E-state index is 0.0210. The molecule has 0 fully saturated rings. The molecule has 0 amide bonds. The Balaban J connectivity index is 1.29. The van der Waals surface area contributed by atoms with Crippen LogP contribution in [0.2, 0.25) is 0 Å². The zero-order valence-electron chi connectivity index (χ0n) is 18.2. The van der Waals surface area contributed by atoms with E-state index in [1.165, 1.54) is 17.7 Å². The smallest absolute Gasteiger partial charge is 0.270 e. The Morgan fingerprint density at radius 3 is 2.41 bits per heavy atom. The van der Waals surface area contributed by atoms with Crippen LogP contribution in [-0.2, 0) is 0 Å². The first kappa shape index (κ1) is 21.4. The van der Waals surface area contributed by atoms with Crippen LogP contribution in [0.4, 0.5) is 17.2 Å². The van der Waals surface area contributed by atoms with E-state index < -0.39 is 4.92 Å². The van der Waals surface area contributed by atoms with E-state index in [9.17, 15) is 10.1 Å². The quantitative estimate of drug-likeness (QED) is 0.217. The van der Waals surface area contributed by atoms with Gasteiger partial charge in [0.25, 0.3) is 5.69 Å². The number of hydrogen-bond acceptors (Lipinski definition) is 7. The number of aryl methyl sites for hydroxylation is 1. The molecule has 2 aromatic heterocycles. The second-order valence-corrected chi connectivity index (χ2v) is 8.52. The Morgan fingerprint density at radius 1 is 0.853 bits per heavy atom. The maximum atomic E-state index is 11.0. The third-order valence-electron chi connectivity index (χ3n) is 5.35. The zero-order valence-corrected chi connectivity index (χ0v) is 19.0. The van der Waals surface area contributed by atoms with Crippen LogP contribution in [0.25, 0.3) is 33.1 Å². The van der Waals surface area contributed by atoms with Crippen LogP contribution >= 0.6 is 11.3 Å². The molecule has 0 saturated carbocycles. The van der Waals surface area contributed by atoms with Gasteiger partial charge in [-0.05, 0) is 36.8 Å². The fourth-order valence-corrected chi connectivity index (χ4v) is 4.47. The van der Waals surface area contributed by atoms with Crippen LogP contribution in [-0.4, -0.2) is 20.1 Å². The molecular weight excluding hydrogens is 446 g/mol. The number of nitrogens with one attached hydrogen (secondary N) is 1. The number of nitrogens with zero attached hydrogens (tertiary/aromatic N) is 4. The first-order valence-electron chi connectivity index (χ1n) is 10.5. The first-order valence-corrected chi connectivity index (χ1v) is 11.4. The topological polar surface area (TPSA) is 93.8 Å². The van der Waals surface area contributed by atoms with Gasteiger partial charge in [-0.2, -0.15) is 0 Å². The molecule has 0 bridgehead atoms. The van der Waals surface area contributed by atoms with Crippen LogP contribution in [0.3, 0.4) is 0 Å². The van der Waals surface area contributed by atoms with Crippen molar-refractivity contribution in [1.82, 2.24) is 15.2 Å². The van der Waals surface area contributed by atoms with Gasteiger partial charge in [0.05, 0.1) is 16.3 Å². The van der Waals surface area contributed by atoms with Crippen molar-refractivity contribution in [3.05, 3.63) is 106 Å². The third-order valence-corrected chi connectivity index (χ3v) is 6.23. The van der Waals surface area contributed by atoms with Gasteiger partial charge in [0.1, 0.15) is 5.01 Å². The molecule has 5 aromatic rings. The number of hydrogen-bond donors (Lipinski definition) is 1. The van der Waals surface area contributed by atoms with E-state index in [1.54, 1.807) is 35.6 Å². The largest absolute Gasteiger partial charge is 0.339 e. The maximum Gasteiger partial charge on any atom is 0.270 e. The molecule has 1 N–H and O–H groups in total. The highest BCUT2D eigenvalue weighted by Crippen LogP contribution is 2.31. The summed E-state index contributed by atoms with van der Waals surface area (Å²) in [6, 6.07) is 26.1. The molecule has 0 saturated heterocycles. The summed E-state index contributed by atoms with van der Waals surface area (Å²) in [5.41, 5.74) is 6.45. The summed E-state index contributed by atoms with van der Waals surface area (Å²) in [7, 11) is 0. The average molecular weight is 466 g/mol. The predicted molar refractivity (Wildman–Crippen MR) is 135 cm³/mol. The molecule has 0 spiro atoms. The van der Waals surface area contributed by atoms with Gasteiger partial charge in [-0.1, -0.05) is 48.5 Å². The molecule has 0 aliphatic rings. The summed E-state index contributed by atoms with van der Waals surface area (Å²) >= 11 is 1.64. The van der Waals surface area contributed by atoms with Crippen molar-refractivity contribution < 1.29 is 4.92 Å². The number of benzene rings is 3. The monoisotopic (exact) mass is 465 g/mol. The highest BCUT2D eigenvalue weighted by Gasteiger charge is 2.10. The molecule has 0 aliphatic heterocycles. The van der Waals surface area contributed by atoms with Gasteiger partial charge in [0, 0.05) is 39.9 Å². The van der Waals surface area contributed by atoms with Crippen molar-refractivity contribution in [2.75, 3.05) is 5.32 Å². The lowest BCUT2D eigenvalue weighted by Gasteiger charge is -2.07. The predicted octanol–water partition coefficient (Wildman–Crippen LogP) is 6.89. The number of nitro groups is 1. The number of thiazole rings is 1. The van der Waals surface area contributed by atoms with E-state index in [1.807, 2.05) is 36.4 Å². The van der Waals surface area contributed by atoms with Crippen LogP contribution in [0.15, 0.2) is 90.3 Å². The van der Waals surface area contributed by atoms with Crippen molar-refractivity contribution in [1.29, 1.82) is 0 Å². The van der Waals surface area contributed by atoms with Crippen molar-refractivity contribution >= 4 is 28.5 Å². The lowest BCUT2D eigenvalue weighted by Crippen LogP contribution is -1.97. The van der Waals surface area contributed by atoms with Crippen LogP contribution < -0.4 is 5.32 Å². The van der Waals surface area contributed by atoms with Gasteiger partial charge in [-0.3, -0.25) is 10.1 Å². The van der Waals surface area contributed by atoms with Crippen molar-refractivity contribution in [2.24, 2.45) is 0 Å². The van der Waals surface area contributed by atoms with Crippen LogP contribution in [0.5, 0.6) is 0 Å². The van der Waals surface area contributed by atoms with E-state index in [0.717, 1.165) is 27.5 Å². The molecular formula is C26H19N5O2S. The molecule has 7 nitrogen and oxygen atoms in total. The molecule has 8 heteroatoms. The number of rotatable bonds is 6. The molecule has 0 unspecified atom stereocenters. The molecule has 0 atom stereocenters.